The summed E-state index contributed by atoms with van der Waals surface area (Å²) in [7, 11) is -4.59. The monoisotopic (exact) mass is 267 g/mol. The molecule has 0 aromatic rings. The van der Waals surface area contributed by atoms with Crippen LogP contribution in [-0.4, -0.2) is 48.8 Å². The SMILES string of the molecule is NC(=O)[C@@H]1CC[C@@H](NOS(=O)(=O)O)CN1C=O. The van der Waals surface area contributed by atoms with Gasteiger partial charge < -0.3 is 10.6 Å². The molecule has 2 atom stereocenters. The largest absolute Gasteiger partial charge is 0.413 e. The zero-order valence-corrected chi connectivity index (χ0v) is 9.59. The molecule has 17 heavy (non-hydrogen) atoms. The van der Waals surface area contributed by atoms with Crippen LogP contribution in [0.4, 0.5) is 0 Å². The second-order valence-corrected chi connectivity index (χ2v) is 4.65. The van der Waals surface area contributed by atoms with Gasteiger partial charge in [-0.05, 0) is 12.8 Å². The smallest absolute Gasteiger partial charge is 0.368 e. The van der Waals surface area contributed by atoms with Gasteiger partial charge in [0, 0.05) is 6.54 Å². The second kappa shape index (κ2) is 5.40. The van der Waals surface area contributed by atoms with E-state index in [1.165, 1.54) is 0 Å². The van der Waals surface area contributed by atoms with E-state index in [-0.39, 0.29) is 6.54 Å². The Balaban J connectivity index is 2.54. The van der Waals surface area contributed by atoms with Crippen LogP contribution in [-0.2, 0) is 24.3 Å². The highest BCUT2D eigenvalue weighted by atomic mass is 32.3. The highest BCUT2D eigenvalue weighted by Gasteiger charge is 2.31. The van der Waals surface area contributed by atoms with Crippen molar-refractivity contribution in [3.63, 3.8) is 0 Å². The molecule has 1 aliphatic heterocycles. The maximum Gasteiger partial charge on any atom is 0.413 e. The number of nitrogens with zero attached hydrogens (tertiary/aromatic N) is 1. The maximum absolute atomic E-state index is 11.0. The van der Waals surface area contributed by atoms with Gasteiger partial charge in [0.25, 0.3) is 0 Å². The van der Waals surface area contributed by atoms with Crippen molar-refractivity contribution in [1.82, 2.24) is 10.4 Å². The van der Waals surface area contributed by atoms with Crippen LogP contribution in [0.5, 0.6) is 0 Å². The third-order valence-corrected chi connectivity index (χ3v) is 2.71. The lowest BCUT2D eigenvalue weighted by atomic mass is 9.99. The van der Waals surface area contributed by atoms with Gasteiger partial charge >= 0.3 is 10.4 Å². The summed E-state index contributed by atoms with van der Waals surface area (Å²) >= 11 is 0. The van der Waals surface area contributed by atoms with Gasteiger partial charge in [-0.15, -0.1) is 0 Å². The molecule has 0 aromatic carbocycles. The number of amides is 2. The summed E-state index contributed by atoms with van der Waals surface area (Å²) in [6.07, 6.45) is 1.13. The Labute approximate surface area is 97.8 Å². The van der Waals surface area contributed by atoms with E-state index in [2.05, 4.69) is 9.76 Å². The average Bonchev–Trinajstić information content (AvgIpc) is 2.24. The molecule has 2 amide bonds. The standard InChI is InChI=1S/C7H13N3O6S/c8-7(12)6-2-1-5(3-10(6)4-11)9-16-17(13,14)15/h4-6,9H,1-3H2,(H2,8,12)(H,13,14,15)/t5-,6+/m1/s1. The summed E-state index contributed by atoms with van der Waals surface area (Å²) in [5.41, 5.74) is 7.19. The van der Waals surface area contributed by atoms with E-state index in [1.807, 2.05) is 0 Å². The number of piperidine rings is 1. The molecule has 1 heterocycles. The summed E-state index contributed by atoms with van der Waals surface area (Å²) in [5.74, 6) is -0.619. The molecular formula is C7H13N3O6S. The molecule has 1 saturated heterocycles. The fourth-order valence-electron chi connectivity index (χ4n) is 1.65. The number of carbonyl (C=O) groups excluding carboxylic acids is 2. The number of nitrogens with two attached hydrogens (primary N) is 1. The summed E-state index contributed by atoms with van der Waals surface area (Å²) in [5, 5.41) is 0. The number of hydrogen-bond acceptors (Lipinski definition) is 6. The third-order valence-electron chi connectivity index (χ3n) is 2.40. The van der Waals surface area contributed by atoms with Gasteiger partial charge in [0.1, 0.15) is 6.04 Å². The highest BCUT2D eigenvalue weighted by molar-refractivity contribution is 7.80. The Bertz CT molecular complexity index is 396. The molecule has 0 bridgehead atoms. The number of primary amides is 1. The molecular weight excluding hydrogens is 254 g/mol. The van der Waals surface area contributed by atoms with Crippen molar-refractivity contribution in [2.45, 2.75) is 24.9 Å². The van der Waals surface area contributed by atoms with Gasteiger partial charge in [0.15, 0.2) is 0 Å². The lowest BCUT2D eigenvalue weighted by Gasteiger charge is -2.35. The van der Waals surface area contributed by atoms with E-state index >= 15 is 0 Å². The maximum atomic E-state index is 11.0. The van der Waals surface area contributed by atoms with Gasteiger partial charge in [-0.3, -0.25) is 14.1 Å². The molecule has 0 unspecified atom stereocenters. The molecule has 9 nitrogen and oxygen atoms in total. The number of likely N-dealkylation sites (tertiary alicyclic amines) is 1. The Morgan fingerprint density at radius 2 is 2.18 bits per heavy atom. The number of carbonyl (C=O) groups is 2. The van der Waals surface area contributed by atoms with Crippen LogP contribution >= 0.6 is 0 Å². The number of rotatable bonds is 5. The number of nitrogens with one attached hydrogen (secondary N) is 1. The van der Waals surface area contributed by atoms with Gasteiger partial charge in [-0.1, -0.05) is 0 Å². The van der Waals surface area contributed by atoms with Crippen molar-refractivity contribution in [2.24, 2.45) is 5.73 Å². The minimum Gasteiger partial charge on any atom is -0.368 e. The quantitative estimate of drug-likeness (QED) is 0.291. The normalized spacial score (nSPS) is 25.6. The van der Waals surface area contributed by atoms with Gasteiger partial charge in [-0.25, -0.2) is 0 Å². The van der Waals surface area contributed by atoms with Gasteiger partial charge in [0.2, 0.25) is 12.3 Å². The lowest BCUT2D eigenvalue weighted by Crippen LogP contribution is -2.54. The van der Waals surface area contributed by atoms with Crippen molar-refractivity contribution in [3.8, 4) is 0 Å². The second-order valence-electron chi connectivity index (χ2n) is 3.62. The summed E-state index contributed by atoms with van der Waals surface area (Å²) in [6, 6.07) is -1.20. The fourth-order valence-corrected chi connectivity index (χ4v) is 1.90. The Morgan fingerprint density at radius 1 is 1.53 bits per heavy atom. The first-order valence-corrected chi connectivity index (χ1v) is 6.12. The van der Waals surface area contributed by atoms with Crippen LogP contribution in [0.1, 0.15) is 12.8 Å². The Hall–Kier alpha value is -1.23. The van der Waals surface area contributed by atoms with Gasteiger partial charge in [0.05, 0.1) is 6.04 Å². The van der Waals surface area contributed by atoms with E-state index in [0.717, 1.165) is 4.90 Å². The summed E-state index contributed by atoms with van der Waals surface area (Å²) < 4.78 is 32.9. The van der Waals surface area contributed by atoms with Crippen LogP contribution in [0, 0.1) is 0 Å². The summed E-state index contributed by atoms with van der Waals surface area (Å²) in [4.78, 5) is 22.8. The Kier molecular flexibility index (Phi) is 4.40. The molecule has 1 aliphatic rings. The van der Waals surface area contributed by atoms with Crippen molar-refractivity contribution in [3.05, 3.63) is 0 Å². The zero-order valence-electron chi connectivity index (χ0n) is 8.77. The third kappa shape index (κ3) is 4.26. The topological polar surface area (TPSA) is 139 Å². The first-order chi connectivity index (χ1) is 7.83. The van der Waals surface area contributed by atoms with E-state index in [0.29, 0.717) is 19.3 Å². The van der Waals surface area contributed by atoms with Crippen LogP contribution in [0.25, 0.3) is 0 Å². The molecule has 10 heteroatoms. The predicted molar refractivity (Wildman–Crippen MR) is 54.5 cm³/mol. The molecule has 98 valence electrons. The van der Waals surface area contributed by atoms with Crippen molar-refractivity contribution < 1.29 is 26.8 Å². The van der Waals surface area contributed by atoms with E-state index in [9.17, 15) is 18.0 Å². The summed E-state index contributed by atoms with van der Waals surface area (Å²) in [6.45, 7) is 0.0621. The highest BCUT2D eigenvalue weighted by Crippen LogP contribution is 2.15. The van der Waals surface area contributed by atoms with Crippen LogP contribution in [0.3, 0.4) is 0 Å². The van der Waals surface area contributed by atoms with Crippen LogP contribution < -0.4 is 11.2 Å². The van der Waals surface area contributed by atoms with E-state index < -0.39 is 28.4 Å². The van der Waals surface area contributed by atoms with Crippen LogP contribution in [0.15, 0.2) is 0 Å². The van der Waals surface area contributed by atoms with Crippen molar-refractivity contribution in [2.75, 3.05) is 6.54 Å². The van der Waals surface area contributed by atoms with Gasteiger partial charge in [-0.2, -0.15) is 18.2 Å². The fraction of sp³-hybridized carbons (Fsp3) is 0.714. The molecule has 0 saturated carbocycles. The van der Waals surface area contributed by atoms with Crippen LogP contribution in [0.2, 0.25) is 0 Å². The number of hydroxylamine groups is 1. The first kappa shape index (κ1) is 13.8. The average molecular weight is 267 g/mol. The first-order valence-electron chi connectivity index (χ1n) is 4.75. The number of hydrogen-bond donors (Lipinski definition) is 3. The molecule has 0 radical (unpaired) electrons. The molecule has 0 aliphatic carbocycles. The minimum atomic E-state index is -4.59. The minimum absolute atomic E-state index is 0.0621. The molecule has 1 fully saturated rings. The lowest BCUT2D eigenvalue weighted by molar-refractivity contribution is -0.133. The van der Waals surface area contributed by atoms with Crippen molar-refractivity contribution >= 4 is 22.7 Å². The molecule has 4 N–H and O–H groups in total. The molecule has 0 aromatic heterocycles. The molecule has 0 spiro atoms. The predicted octanol–water partition coefficient (Wildman–Crippen LogP) is -2.21. The van der Waals surface area contributed by atoms with E-state index in [4.69, 9.17) is 10.3 Å². The zero-order chi connectivity index (χ0) is 13.1. The molecule has 1 rings (SSSR count). The van der Waals surface area contributed by atoms with E-state index in [1.54, 1.807) is 0 Å². The Morgan fingerprint density at radius 3 is 2.65 bits per heavy atom. The van der Waals surface area contributed by atoms with Crippen molar-refractivity contribution in [1.29, 1.82) is 0 Å².